The van der Waals surface area contributed by atoms with Gasteiger partial charge in [0.1, 0.15) is 5.75 Å². The molecular formula is C18H24N2O3S. The third-order valence-electron chi connectivity index (χ3n) is 3.86. The summed E-state index contributed by atoms with van der Waals surface area (Å²) in [5.41, 5.74) is 3.45. The number of para-hydroxylation sites is 1. The van der Waals surface area contributed by atoms with Crippen LogP contribution in [-0.2, 0) is 10.0 Å². The van der Waals surface area contributed by atoms with Crippen LogP contribution in [0.3, 0.4) is 0 Å². The molecule has 0 amide bonds. The Kier molecular flexibility index (Phi) is 5.72. The first-order valence-corrected chi connectivity index (χ1v) is 9.52. The van der Waals surface area contributed by atoms with Crippen molar-refractivity contribution in [1.29, 1.82) is 0 Å². The number of ether oxygens (including phenoxy) is 1. The number of methoxy groups -OCH3 is 1. The summed E-state index contributed by atoms with van der Waals surface area (Å²) in [6.45, 7) is 5.55. The number of rotatable bonds is 7. The highest BCUT2D eigenvalue weighted by molar-refractivity contribution is 7.92. The van der Waals surface area contributed by atoms with E-state index in [4.69, 9.17) is 4.74 Å². The number of anilines is 2. The number of benzene rings is 2. The standard InChI is InChI=1S/C18H24N2O3S/c1-5-24(21,22)20-17-11-10-15(12-13(17)2)19-14(3)16-8-6-7-9-18(16)23-4/h6-12,14,19-20H,5H2,1-4H3/t14-/m0/s1. The van der Waals surface area contributed by atoms with Gasteiger partial charge in [0.15, 0.2) is 0 Å². The Morgan fingerprint density at radius 3 is 2.50 bits per heavy atom. The molecule has 0 aromatic heterocycles. The van der Waals surface area contributed by atoms with Gasteiger partial charge in [0.05, 0.1) is 24.6 Å². The van der Waals surface area contributed by atoms with Crippen LogP contribution in [0.1, 0.15) is 31.0 Å². The molecule has 0 aliphatic heterocycles. The van der Waals surface area contributed by atoms with Gasteiger partial charge < -0.3 is 10.1 Å². The average Bonchev–Trinajstić information content (AvgIpc) is 2.57. The highest BCUT2D eigenvalue weighted by atomic mass is 32.2. The third kappa shape index (κ3) is 4.41. The van der Waals surface area contributed by atoms with Crippen LogP contribution in [0.2, 0.25) is 0 Å². The monoisotopic (exact) mass is 348 g/mol. The summed E-state index contributed by atoms with van der Waals surface area (Å²) in [4.78, 5) is 0. The Morgan fingerprint density at radius 2 is 1.88 bits per heavy atom. The molecule has 1 atom stereocenters. The minimum atomic E-state index is -3.27. The van der Waals surface area contributed by atoms with Gasteiger partial charge in [-0.3, -0.25) is 4.72 Å². The molecule has 0 aliphatic rings. The minimum absolute atomic E-state index is 0.0529. The molecule has 2 rings (SSSR count). The van der Waals surface area contributed by atoms with E-state index in [9.17, 15) is 8.42 Å². The van der Waals surface area contributed by atoms with Gasteiger partial charge in [-0.15, -0.1) is 0 Å². The minimum Gasteiger partial charge on any atom is -0.496 e. The van der Waals surface area contributed by atoms with E-state index >= 15 is 0 Å². The van der Waals surface area contributed by atoms with E-state index in [0.717, 1.165) is 22.6 Å². The molecule has 24 heavy (non-hydrogen) atoms. The molecule has 0 unspecified atom stereocenters. The van der Waals surface area contributed by atoms with Gasteiger partial charge in [0, 0.05) is 11.3 Å². The predicted octanol–water partition coefficient (Wildman–Crippen LogP) is 3.94. The molecule has 0 bridgehead atoms. The Labute approximate surface area is 144 Å². The summed E-state index contributed by atoms with van der Waals surface area (Å²) in [5.74, 6) is 0.888. The molecular weight excluding hydrogens is 324 g/mol. The Balaban J connectivity index is 2.17. The van der Waals surface area contributed by atoms with E-state index in [1.807, 2.05) is 43.3 Å². The smallest absolute Gasteiger partial charge is 0.232 e. The number of nitrogens with one attached hydrogen (secondary N) is 2. The van der Waals surface area contributed by atoms with Crippen molar-refractivity contribution in [3.05, 3.63) is 53.6 Å². The fourth-order valence-electron chi connectivity index (χ4n) is 2.46. The largest absolute Gasteiger partial charge is 0.496 e. The lowest BCUT2D eigenvalue weighted by Crippen LogP contribution is -2.15. The van der Waals surface area contributed by atoms with E-state index in [2.05, 4.69) is 17.0 Å². The first-order chi connectivity index (χ1) is 11.4. The molecule has 130 valence electrons. The molecule has 0 aliphatic carbocycles. The van der Waals surface area contributed by atoms with Crippen LogP contribution >= 0.6 is 0 Å². The SMILES string of the molecule is CCS(=O)(=O)Nc1ccc(N[C@@H](C)c2ccccc2OC)cc1C. The topological polar surface area (TPSA) is 67.4 Å². The molecule has 0 saturated heterocycles. The van der Waals surface area contributed by atoms with Crippen molar-refractivity contribution < 1.29 is 13.2 Å². The van der Waals surface area contributed by atoms with Crippen LogP contribution in [0, 0.1) is 6.92 Å². The molecule has 6 heteroatoms. The first-order valence-electron chi connectivity index (χ1n) is 7.87. The zero-order chi connectivity index (χ0) is 17.7. The lowest BCUT2D eigenvalue weighted by atomic mass is 10.1. The van der Waals surface area contributed by atoms with Gasteiger partial charge in [-0.2, -0.15) is 0 Å². The van der Waals surface area contributed by atoms with Crippen LogP contribution in [0.25, 0.3) is 0 Å². The summed E-state index contributed by atoms with van der Waals surface area (Å²) in [6, 6.07) is 13.5. The van der Waals surface area contributed by atoms with Gasteiger partial charge in [-0.1, -0.05) is 18.2 Å². The zero-order valence-corrected chi connectivity index (χ0v) is 15.3. The Morgan fingerprint density at radius 1 is 1.17 bits per heavy atom. The Hall–Kier alpha value is -2.21. The predicted molar refractivity (Wildman–Crippen MR) is 99.3 cm³/mol. The molecule has 2 N–H and O–H groups in total. The quantitative estimate of drug-likeness (QED) is 0.795. The molecule has 2 aromatic carbocycles. The second kappa shape index (κ2) is 7.57. The second-order valence-electron chi connectivity index (χ2n) is 5.64. The third-order valence-corrected chi connectivity index (χ3v) is 5.15. The molecule has 0 spiro atoms. The van der Waals surface area contributed by atoms with Crippen LogP contribution in [0.4, 0.5) is 11.4 Å². The van der Waals surface area contributed by atoms with Gasteiger partial charge >= 0.3 is 0 Å². The average molecular weight is 348 g/mol. The normalized spacial score (nSPS) is 12.5. The van der Waals surface area contributed by atoms with Crippen molar-refractivity contribution in [2.24, 2.45) is 0 Å². The van der Waals surface area contributed by atoms with Crippen LogP contribution in [0.15, 0.2) is 42.5 Å². The first kappa shape index (κ1) is 18.1. The number of aryl methyl sites for hydroxylation is 1. The van der Waals surface area contributed by atoms with Crippen molar-refractivity contribution >= 4 is 21.4 Å². The molecule has 0 fully saturated rings. The maximum atomic E-state index is 11.7. The Bertz CT molecular complexity index is 804. The summed E-state index contributed by atoms with van der Waals surface area (Å²) in [5, 5.41) is 3.42. The van der Waals surface area contributed by atoms with Crippen molar-refractivity contribution in [3.8, 4) is 5.75 Å². The van der Waals surface area contributed by atoms with E-state index < -0.39 is 10.0 Å². The molecule has 0 radical (unpaired) electrons. The maximum Gasteiger partial charge on any atom is 0.232 e. The molecule has 0 heterocycles. The van der Waals surface area contributed by atoms with Gasteiger partial charge in [-0.25, -0.2) is 8.42 Å². The highest BCUT2D eigenvalue weighted by Gasteiger charge is 2.12. The van der Waals surface area contributed by atoms with Gasteiger partial charge in [0.25, 0.3) is 0 Å². The molecule has 5 nitrogen and oxygen atoms in total. The summed E-state index contributed by atoms with van der Waals surface area (Å²) >= 11 is 0. The van der Waals surface area contributed by atoms with Gasteiger partial charge in [0.2, 0.25) is 10.0 Å². The lowest BCUT2D eigenvalue weighted by molar-refractivity contribution is 0.408. The van der Waals surface area contributed by atoms with Gasteiger partial charge in [-0.05, 0) is 50.6 Å². The summed E-state index contributed by atoms with van der Waals surface area (Å²) in [6.07, 6.45) is 0. The van der Waals surface area contributed by atoms with E-state index in [-0.39, 0.29) is 11.8 Å². The zero-order valence-electron chi connectivity index (χ0n) is 14.5. The second-order valence-corrected chi connectivity index (χ2v) is 7.65. The van der Waals surface area contributed by atoms with E-state index in [1.165, 1.54) is 0 Å². The number of sulfonamides is 1. The van der Waals surface area contributed by atoms with Crippen molar-refractivity contribution in [2.75, 3.05) is 22.9 Å². The van der Waals surface area contributed by atoms with Crippen LogP contribution in [-0.4, -0.2) is 21.3 Å². The number of hydrogen-bond acceptors (Lipinski definition) is 4. The van der Waals surface area contributed by atoms with Crippen LogP contribution in [0.5, 0.6) is 5.75 Å². The van der Waals surface area contributed by atoms with E-state index in [1.54, 1.807) is 20.1 Å². The lowest BCUT2D eigenvalue weighted by Gasteiger charge is -2.19. The fraction of sp³-hybridized carbons (Fsp3) is 0.333. The van der Waals surface area contributed by atoms with Crippen LogP contribution < -0.4 is 14.8 Å². The maximum absolute atomic E-state index is 11.7. The highest BCUT2D eigenvalue weighted by Crippen LogP contribution is 2.29. The van der Waals surface area contributed by atoms with E-state index in [0.29, 0.717) is 5.69 Å². The van der Waals surface area contributed by atoms with Crippen molar-refractivity contribution in [1.82, 2.24) is 0 Å². The summed E-state index contributed by atoms with van der Waals surface area (Å²) in [7, 11) is -1.61. The molecule has 0 saturated carbocycles. The van der Waals surface area contributed by atoms with Crippen molar-refractivity contribution in [3.63, 3.8) is 0 Å². The summed E-state index contributed by atoms with van der Waals surface area (Å²) < 4.78 is 31.4. The number of hydrogen-bond donors (Lipinski definition) is 2. The molecule has 2 aromatic rings. The van der Waals surface area contributed by atoms with Crippen molar-refractivity contribution in [2.45, 2.75) is 26.8 Å². The fourth-order valence-corrected chi connectivity index (χ4v) is 3.17.